The van der Waals surface area contributed by atoms with Gasteiger partial charge in [0.15, 0.2) is 0 Å². The maximum absolute atomic E-state index is 12.5. The fraction of sp³-hybridized carbons (Fsp3) is 0.368. The second-order valence-electron chi connectivity index (χ2n) is 6.43. The van der Waals surface area contributed by atoms with Crippen LogP contribution >= 0.6 is 11.6 Å². The molecule has 0 spiro atoms. The maximum Gasteiger partial charge on any atom is 0.227 e. The van der Waals surface area contributed by atoms with Crippen LogP contribution in [0.3, 0.4) is 0 Å². The molecule has 0 bridgehead atoms. The Labute approximate surface area is 152 Å². The van der Waals surface area contributed by atoms with Crippen LogP contribution in [-0.2, 0) is 11.2 Å². The summed E-state index contributed by atoms with van der Waals surface area (Å²) in [5.74, 6) is 0.605. The van der Waals surface area contributed by atoms with Crippen molar-refractivity contribution >= 4 is 17.5 Å². The molecule has 0 radical (unpaired) electrons. The molecule has 1 unspecified atom stereocenters. The Morgan fingerprint density at radius 2 is 2.24 bits per heavy atom. The number of piperidine rings is 1. The van der Waals surface area contributed by atoms with Crippen LogP contribution in [0.15, 0.2) is 48.8 Å². The first kappa shape index (κ1) is 17.7. The quantitative estimate of drug-likeness (QED) is 0.890. The van der Waals surface area contributed by atoms with E-state index in [1.165, 1.54) is 0 Å². The zero-order valence-corrected chi connectivity index (χ0v) is 14.7. The Morgan fingerprint density at radius 1 is 1.36 bits per heavy atom. The van der Waals surface area contributed by atoms with E-state index in [4.69, 9.17) is 16.3 Å². The minimum atomic E-state index is -1.05. The third-order valence-corrected chi connectivity index (χ3v) is 4.52. The van der Waals surface area contributed by atoms with Gasteiger partial charge in [-0.1, -0.05) is 23.7 Å². The van der Waals surface area contributed by atoms with Crippen molar-refractivity contribution in [2.45, 2.75) is 24.9 Å². The van der Waals surface area contributed by atoms with Crippen molar-refractivity contribution in [3.05, 3.63) is 59.4 Å². The van der Waals surface area contributed by atoms with Gasteiger partial charge in [-0.2, -0.15) is 0 Å². The smallest absolute Gasteiger partial charge is 0.227 e. The second-order valence-corrected chi connectivity index (χ2v) is 6.86. The molecular weight excluding hydrogens is 340 g/mol. The van der Waals surface area contributed by atoms with Crippen molar-refractivity contribution in [1.82, 2.24) is 9.88 Å². The van der Waals surface area contributed by atoms with Crippen molar-refractivity contribution < 1.29 is 14.6 Å². The average molecular weight is 361 g/mol. The lowest BCUT2D eigenvalue weighted by atomic mass is 9.93. The topological polar surface area (TPSA) is 62.7 Å². The van der Waals surface area contributed by atoms with E-state index in [1.807, 2.05) is 12.1 Å². The van der Waals surface area contributed by atoms with Crippen molar-refractivity contribution in [2.24, 2.45) is 0 Å². The third-order valence-electron chi connectivity index (χ3n) is 4.29. The Balaban J connectivity index is 1.58. The van der Waals surface area contributed by atoms with E-state index in [0.29, 0.717) is 30.2 Å². The summed E-state index contributed by atoms with van der Waals surface area (Å²) < 4.78 is 5.69. The molecule has 1 aromatic carbocycles. The largest absolute Gasteiger partial charge is 0.490 e. The predicted octanol–water partition coefficient (Wildman–Crippen LogP) is 2.71. The molecule has 1 N–H and O–H groups in total. The third kappa shape index (κ3) is 4.94. The zero-order chi connectivity index (χ0) is 17.7. The standard InChI is InChI=1S/C19H21ClN2O3/c20-16-5-1-6-17(11-16)25-14-19(24)7-3-9-22(13-19)18(23)10-15-4-2-8-21-12-15/h1-2,4-6,8,11-12,24H,3,7,9-10,13-14H2. The summed E-state index contributed by atoms with van der Waals surface area (Å²) in [4.78, 5) is 18.2. The minimum Gasteiger partial charge on any atom is -0.490 e. The molecule has 5 nitrogen and oxygen atoms in total. The Hall–Kier alpha value is -2.11. The Kier molecular flexibility index (Phi) is 5.56. The van der Waals surface area contributed by atoms with E-state index >= 15 is 0 Å². The molecule has 1 amide bonds. The fourth-order valence-electron chi connectivity index (χ4n) is 3.01. The maximum atomic E-state index is 12.5. The highest BCUT2D eigenvalue weighted by molar-refractivity contribution is 6.30. The predicted molar refractivity (Wildman–Crippen MR) is 95.7 cm³/mol. The first-order valence-electron chi connectivity index (χ1n) is 8.32. The molecule has 132 valence electrons. The summed E-state index contributed by atoms with van der Waals surface area (Å²) in [6, 6.07) is 10.8. The normalized spacial score (nSPS) is 20.3. The molecule has 0 aliphatic carbocycles. The molecule has 2 aromatic rings. The molecule has 2 heterocycles. The molecule has 25 heavy (non-hydrogen) atoms. The van der Waals surface area contributed by atoms with Crippen LogP contribution in [0, 0.1) is 0 Å². The van der Waals surface area contributed by atoms with Crippen LogP contribution in [0.5, 0.6) is 5.75 Å². The van der Waals surface area contributed by atoms with Crippen LogP contribution in [0.4, 0.5) is 0 Å². The first-order chi connectivity index (χ1) is 12.0. The van der Waals surface area contributed by atoms with E-state index in [-0.39, 0.29) is 19.1 Å². The van der Waals surface area contributed by atoms with Gasteiger partial charge >= 0.3 is 0 Å². The summed E-state index contributed by atoms with van der Waals surface area (Å²) in [6.07, 6.45) is 5.01. The molecule has 1 aromatic heterocycles. The van der Waals surface area contributed by atoms with Crippen LogP contribution in [0.2, 0.25) is 5.02 Å². The number of hydrogen-bond donors (Lipinski definition) is 1. The molecular formula is C19H21ClN2O3. The number of carbonyl (C=O) groups is 1. The monoisotopic (exact) mass is 360 g/mol. The van der Waals surface area contributed by atoms with Crippen LogP contribution in [-0.4, -0.2) is 46.2 Å². The van der Waals surface area contributed by atoms with E-state index in [1.54, 1.807) is 41.6 Å². The van der Waals surface area contributed by atoms with E-state index < -0.39 is 5.60 Å². The Morgan fingerprint density at radius 3 is 3.00 bits per heavy atom. The molecule has 1 saturated heterocycles. The van der Waals surface area contributed by atoms with Crippen molar-refractivity contribution in [2.75, 3.05) is 19.7 Å². The molecule has 1 atom stereocenters. The number of rotatable bonds is 5. The number of aliphatic hydroxyl groups is 1. The number of halogens is 1. The van der Waals surface area contributed by atoms with Crippen LogP contribution in [0.25, 0.3) is 0 Å². The highest BCUT2D eigenvalue weighted by atomic mass is 35.5. The lowest BCUT2D eigenvalue weighted by Crippen LogP contribution is -2.53. The van der Waals surface area contributed by atoms with Gasteiger partial charge < -0.3 is 14.7 Å². The summed E-state index contributed by atoms with van der Waals surface area (Å²) in [6.45, 7) is 1.05. The fourth-order valence-corrected chi connectivity index (χ4v) is 3.19. The van der Waals surface area contributed by atoms with Gasteiger partial charge in [0, 0.05) is 24.0 Å². The minimum absolute atomic E-state index is 0.00567. The van der Waals surface area contributed by atoms with Crippen molar-refractivity contribution in [3.63, 3.8) is 0 Å². The zero-order valence-electron chi connectivity index (χ0n) is 13.9. The van der Waals surface area contributed by atoms with E-state index in [9.17, 15) is 9.90 Å². The summed E-state index contributed by atoms with van der Waals surface area (Å²) >= 11 is 5.94. The highest BCUT2D eigenvalue weighted by Gasteiger charge is 2.36. The molecule has 6 heteroatoms. The first-order valence-corrected chi connectivity index (χ1v) is 8.69. The lowest BCUT2D eigenvalue weighted by molar-refractivity contribution is -0.139. The van der Waals surface area contributed by atoms with Crippen molar-refractivity contribution in [3.8, 4) is 5.75 Å². The number of benzene rings is 1. The van der Waals surface area contributed by atoms with Crippen LogP contribution in [0.1, 0.15) is 18.4 Å². The molecule has 1 aliphatic heterocycles. The SMILES string of the molecule is O=C(Cc1cccnc1)N1CCCC(O)(COc2cccc(Cl)c2)C1. The van der Waals surface area contributed by atoms with Gasteiger partial charge in [0.25, 0.3) is 0 Å². The number of nitrogens with zero attached hydrogens (tertiary/aromatic N) is 2. The number of β-amino-alcohol motifs (C(OH)–C–C–N with tert-alkyl or cyclic N) is 1. The van der Waals surface area contributed by atoms with Gasteiger partial charge in [-0.15, -0.1) is 0 Å². The van der Waals surface area contributed by atoms with Gasteiger partial charge in [0.1, 0.15) is 18.0 Å². The van der Waals surface area contributed by atoms with Gasteiger partial charge in [-0.25, -0.2) is 0 Å². The number of hydrogen-bond acceptors (Lipinski definition) is 4. The molecule has 1 fully saturated rings. The number of amides is 1. The number of ether oxygens (including phenoxy) is 1. The van der Waals surface area contributed by atoms with Gasteiger partial charge in [-0.3, -0.25) is 9.78 Å². The van der Waals surface area contributed by atoms with Crippen molar-refractivity contribution in [1.29, 1.82) is 0 Å². The van der Waals surface area contributed by atoms with Gasteiger partial charge in [0.2, 0.25) is 5.91 Å². The Bertz CT molecular complexity index is 726. The number of pyridine rings is 1. The molecule has 0 saturated carbocycles. The average Bonchev–Trinajstić information content (AvgIpc) is 2.61. The molecule has 1 aliphatic rings. The highest BCUT2D eigenvalue weighted by Crippen LogP contribution is 2.24. The second kappa shape index (κ2) is 7.85. The van der Waals surface area contributed by atoms with Crippen LogP contribution < -0.4 is 4.74 Å². The summed E-state index contributed by atoms with van der Waals surface area (Å²) in [5.41, 5.74) is -0.178. The number of aromatic nitrogens is 1. The van der Waals surface area contributed by atoms with Gasteiger partial charge in [0.05, 0.1) is 13.0 Å². The van der Waals surface area contributed by atoms with E-state index in [2.05, 4.69) is 4.98 Å². The van der Waals surface area contributed by atoms with Gasteiger partial charge in [-0.05, 0) is 42.7 Å². The summed E-state index contributed by atoms with van der Waals surface area (Å²) in [7, 11) is 0. The van der Waals surface area contributed by atoms with E-state index in [0.717, 1.165) is 12.0 Å². The number of likely N-dealkylation sites (tertiary alicyclic amines) is 1. The number of carbonyl (C=O) groups excluding carboxylic acids is 1. The summed E-state index contributed by atoms with van der Waals surface area (Å²) in [5, 5.41) is 11.4. The molecule has 3 rings (SSSR count). The lowest BCUT2D eigenvalue weighted by Gasteiger charge is -2.39.